The maximum absolute atomic E-state index is 12.9. The van der Waals surface area contributed by atoms with Gasteiger partial charge in [0.05, 0.1) is 24.1 Å². The lowest BCUT2D eigenvalue weighted by atomic mass is 10.1. The second-order valence-electron chi connectivity index (χ2n) is 5.96. The second-order valence-corrected chi connectivity index (χ2v) is 7.25. The second kappa shape index (κ2) is 8.63. The summed E-state index contributed by atoms with van der Waals surface area (Å²) in [4.78, 5) is 12.9. The van der Waals surface area contributed by atoms with E-state index >= 15 is 0 Å². The highest BCUT2D eigenvalue weighted by atomic mass is 79.9. The van der Waals surface area contributed by atoms with Gasteiger partial charge in [-0.2, -0.15) is 10.1 Å². The molecule has 1 heterocycles. The molecule has 7 heteroatoms. The van der Waals surface area contributed by atoms with Gasteiger partial charge in [-0.25, -0.2) is 0 Å². The Morgan fingerprint density at radius 2 is 1.96 bits per heavy atom. The average molecular weight is 462 g/mol. The third-order valence-corrected chi connectivity index (χ3v) is 5.01. The highest BCUT2D eigenvalue weighted by molar-refractivity contribution is 9.10. The molecule has 0 aromatic heterocycles. The van der Waals surface area contributed by atoms with Gasteiger partial charge in [-0.1, -0.05) is 40.2 Å². The van der Waals surface area contributed by atoms with Gasteiger partial charge in [-0.3, -0.25) is 4.79 Å². The number of methoxy groups -OCH3 is 1. The van der Waals surface area contributed by atoms with Gasteiger partial charge in [-0.15, -0.1) is 0 Å². The molecule has 0 radical (unpaired) electrons. The van der Waals surface area contributed by atoms with E-state index in [0.29, 0.717) is 40.1 Å². The quantitative estimate of drug-likeness (QED) is 0.423. The highest BCUT2D eigenvalue weighted by Crippen LogP contribution is 2.35. The molecule has 144 valence electrons. The van der Waals surface area contributed by atoms with Crippen molar-refractivity contribution in [3.8, 4) is 11.5 Å². The summed E-state index contributed by atoms with van der Waals surface area (Å²) in [6, 6.07) is 10.6. The summed E-state index contributed by atoms with van der Waals surface area (Å²) in [6.07, 6.45) is 3.44. The van der Waals surface area contributed by atoms with Crippen LogP contribution in [-0.2, 0) is 4.79 Å². The zero-order valence-electron chi connectivity index (χ0n) is 15.4. The van der Waals surface area contributed by atoms with E-state index in [4.69, 9.17) is 21.1 Å². The Labute approximate surface area is 177 Å². The molecule has 0 spiro atoms. The van der Waals surface area contributed by atoms with E-state index < -0.39 is 0 Å². The molecule has 0 fully saturated rings. The van der Waals surface area contributed by atoms with Crippen molar-refractivity contribution in [3.05, 3.63) is 69.7 Å². The predicted octanol–water partition coefficient (Wildman–Crippen LogP) is 5.48. The minimum Gasteiger partial charge on any atom is -0.493 e. The number of nitrogens with zero attached hydrogens (tertiary/aromatic N) is 2. The number of carbonyl (C=O) groups excluding carboxylic acids is 1. The monoisotopic (exact) mass is 460 g/mol. The Morgan fingerprint density at radius 1 is 1.25 bits per heavy atom. The lowest BCUT2D eigenvalue weighted by molar-refractivity contribution is -0.114. The van der Waals surface area contributed by atoms with Gasteiger partial charge in [0.1, 0.15) is 6.61 Å². The van der Waals surface area contributed by atoms with Gasteiger partial charge in [-0.05, 0) is 55.0 Å². The van der Waals surface area contributed by atoms with Crippen molar-refractivity contribution in [1.29, 1.82) is 0 Å². The number of anilines is 1. The van der Waals surface area contributed by atoms with Crippen LogP contribution in [0.5, 0.6) is 11.5 Å². The number of halogens is 2. The minimum absolute atomic E-state index is 0.210. The van der Waals surface area contributed by atoms with Crippen LogP contribution in [0.25, 0.3) is 6.08 Å². The van der Waals surface area contributed by atoms with Crippen molar-refractivity contribution in [1.82, 2.24) is 0 Å². The molecule has 1 aliphatic heterocycles. The lowest BCUT2D eigenvalue weighted by Crippen LogP contribution is -2.21. The summed E-state index contributed by atoms with van der Waals surface area (Å²) in [7, 11) is 1.57. The number of hydrogen-bond donors (Lipinski definition) is 0. The van der Waals surface area contributed by atoms with E-state index in [1.807, 2.05) is 0 Å². The number of carbonyl (C=O) groups is 1. The SMILES string of the molecule is C=CCOc1cc(Br)c(C=C2C(=O)N(c3ccc(Cl)cc3)N=C2C)cc1OC. The van der Waals surface area contributed by atoms with Crippen LogP contribution >= 0.6 is 27.5 Å². The number of benzene rings is 2. The molecular formula is C21H18BrClN2O3. The van der Waals surface area contributed by atoms with Crippen molar-refractivity contribution < 1.29 is 14.3 Å². The first kappa shape index (κ1) is 20.2. The minimum atomic E-state index is -0.210. The third-order valence-electron chi connectivity index (χ3n) is 4.07. The molecule has 5 nitrogen and oxygen atoms in total. The molecular weight excluding hydrogens is 444 g/mol. The molecule has 0 saturated carbocycles. The normalized spacial score (nSPS) is 15.0. The van der Waals surface area contributed by atoms with Gasteiger partial charge in [0.15, 0.2) is 11.5 Å². The van der Waals surface area contributed by atoms with Gasteiger partial charge in [0.25, 0.3) is 5.91 Å². The largest absolute Gasteiger partial charge is 0.493 e. The van der Waals surface area contributed by atoms with E-state index in [-0.39, 0.29) is 5.91 Å². The first-order chi connectivity index (χ1) is 13.4. The summed E-state index contributed by atoms with van der Waals surface area (Å²) in [5, 5.41) is 6.35. The number of ether oxygens (including phenoxy) is 2. The maximum atomic E-state index is 12.9. The fourth-order valence-corrected chi connectivity index (χ4v) is 3.24. The molecule has 2 aromatic carbocycles. The van der Waals surface area contributed by atoms with Crippen molar-refractivity contribution in [2.75, 3.05) is 18.7 Å². The topological polar surface area (TPSA) is 51.1 Å². The molecule has 2 aromatic rings. The molecule has 0 bridgehead atoms. The maximum Gasteiger partial charge on any atom is 0.280 e. The van der Waals surface area contributed by atoms with E-state index in [9.17, 15) is 4.79 Å². The smallest absolute Gasteiger partial charge is 0.280 e. The Hall–Kier alpha value is -2.57. The van der Waals surface area contributed by atoms with Gasteiger partial charge >= 0.3 is 0 Å². The molecule has 1 amide bonds. The molecule has 3 rings (SSSR count). The third kappa shape index (κ3) is 4.13. The number of hydrogen-bond acceptors (Lipinski definition) is 4. The van der Waals surface area contributed by atoms with Gasteiger partial charge in [0.2, 0.25) is 0 Å². The molecule has 0 aliphatic carbocycles. The summed E-state index contributed by atoms with van der Waals surface area (Å²) < 4.78 is 11.8. The summed E-state index contributed by atoms with van der Waals surface area (Å²) in [5.41, 5.74) is 2.55. The number of rotatable bonds is 6. The van der Waals surface area contributed by atoms with Crippen LogP contribution in [0.4, 0.5) is 5.69 Å². The van der Waals surface area contributed by atoms with E-state index in [2.05, 4.69) is 27.6 Å². The van der Waals surface area contributed by atoms with Crippen molar-refractivity contribution in [2.24, 2.45) is 5.10 Å². The van der Waals surface area contributed by atoms with Crippen molar-refractivity contribution >= 4 is 50.9 Å². The summed E-state index contributed by atoms with van der Waals surface area (Å²) >= 11 is 9.46. The average Bonchev–Trinajstić information content (AvgIpc) is 2.96. The van der Waals surface area contributed by atoms with Crippen LogP contribution in [0.3, 0.4) is 0 Å². The van der Waals surface area contributed by atoms with E-state index in [0.717, 1.165) is 10.0 Å². The van der Waals surface area contributed by atoms with Crippen LogP contribution in [-0.4, -0.2) is 25.3 Å². The van der Waals surface area contributed by atoms with Crippen LogP contribution in [0.1, 0.15) is 12.5 Å². The zero-order chi connectivity index (χ0) is 20.3. The predicted molar refractivity (Wildman–Crippen MR) is 116 cm³/mol. The van der Waals surface area contributed by atoms with Crippen LogP contribution in [0, 0.1) is 0 Å². The Kier molecular flexibility index (Phi) is 6.21. The molecule has 0 N–H and O–H groups in total. The number of amides is 1. The lowest BCUT2D eigenvalue weighted by Gasteiger charge is -2.13. The fraction of sp³-hybridized carbons (Fsp3) is 0.143. The standard InChI is InChI=1S/C21H18BrClN2O3/c1-4-9-28-20-12-18(22)14(11-19(20)27-3)10-17-13(2)24-25(21(17)26)16-7-5-15(23)6-8-16/h4-8,10-12H,1,9H2,2-3H3. The molecule has 0 saturated heterocycles. The van der Waals surface area contributed by atoms with Gasteiger partial charge < -0.3 is 9.47 Å². The Bertz CT molecular complexity index is 984. The van der Waals surface area contributed by atoms with Crippen molar-refractivity contribution in [2.45, 2.75) is 6.92 Å². The molecule has 0 unspecified atom stereocenters. The first-order valence-electron chi connectivity index (χ1n) is 8.43. The summed E-state index contributed by atoms with van der Waals surface area (Å²) in [5.74, 6) is 0.937. The van der Waals surface area contributed by atoms with Gasteiger partial charge in [0, 0.05) is 9.50 Å². The Morgan fingerprint density at radius 3 is 2.61 bits per heavy atom. The molecule has 1 aliphatic rings. The molecule has 0 atom stereocenters. The fourth-order valence-electron chi connectivity index (χ4n) is 2.68. The Balaban J connectivity index is 1.95. The highest BCUT2D eigenvalue weighted by Gasteiger charge is 2.29. The summed E-state index contributed by atoms with van der Waals surface area (Å²) in [6.45, 7) is 5.81. The van der Waals surface area contributed by atoms with Crippen LogP contribution < -0.4 is 14.5 Å². The van der Waals surface area contributed by atoms with Crippen LogP contribution in [0.15, 0.2) is 64.2 Å². The van der Waals surface area contributed by atoms with E-state index in [1.54, 1.807) is 62.6 Å². The molecule has 28 heavy (non-hydrogen) atoms. The van der Waals surface area contributed by atoms with Crippen LogP contribution in [0.2, 0.25) is 5.02 Å². The van der Waals surface area contributed by atoms with Crippen molar-refractivity contribution in [3.63, 3.8) is 0 Å². The zero-order valence-corrected chi connectivity index (χ0v) is 17.8. The van der Waals surface area contributed by atoms with E-state index in [1.165, 1.54) is 5.01 Å². The first-order valence-corrected chi connectivity index (χ1v) is 9.60. The number of hydrazone groups is 1.